The zero-order valence-corrected chi connectivity index (χ0v) is 13.8. The lowest BCUT2D eigenvalue weighted by Gasteiger charge is -2.36. The van der Waals surface area contributed by atoms with E-state index in [9.17, 15) is 0 Å². The first-order valence-electron chi connectivity index (χ1n) is 7.44. The highest BCUT2D eigenvalue weighted by molar-refractivity contribution is 5.29. The summed E-state index contributed by atoms with van der Waals surface area (Å²) in [6, 6.07) is 8.62. The molecule has 0 heterocycles. The summed E-state index contributed by atoms with van der Waals surface area (Å²) in [4.78, 5) is 2.33. The number of hydrogen-bond acceptors (Lipinski definition) is 3. The summed E-state index contributed by atoms with van der Waals surface area (Å²) in [5.41, 5.74) is 7.73. The first-order chi connectivity index (χ1) is 9.25. The van der Waals surface area contributed by atoms with Gasteiger partial charge in [0, 0.05) is 18.6 Å². The molecule has 0 amide bonds. The zero-order valence-electron chi connectivity index (χ0n) is 13.8. The average molecular weight is 278 g/mol. The Morgan fingerprint density at radius 2 is 1.75 bits per heavy atom. The Morgan fingerprint density at radius 1 is 1.20 bits per heavy atom. The third-order valence-corrected chi connectivity index (χ3v) is 4.02. The lowest BCUT2D eigenvalue weighted by molar-refractivity contribution is 0.134. The molecule has 0 bridgehead atoms. The van der Waals surface area contributed by atoms with E-state index in [1.807, 2.05) is 19.1 Å². The molecule has 1 rings (SSSR count). The number of nitrogens with two attached hydrogens (primary N) is 1. The van der Waals surface area contributed by atoms with Crippen molar-refractivity contribution in [2.75, 3.05) is 20.2 Å². The number of likely N-dealkylation sites (N-methyl/N-ethyl adjacent to an activating group) is 1. The quantitative estimate of drug-likeness (QED) is 0.866. The van der Waals surface area contributed by atoms with Crippen molar-refractivity contribution in [1.29, 1.82) is 0 Å². The van der Waals surface area contributed by atoms with Crippen molar-refractivity contribution in [3.05, 3.63) is 29.8 Å². The van der Waals surface area contributed by atoms with Crippen molar-refractivity contribution in [2.24, 2.45) is 11.1 Å². The smallest absolute Gasteiger partial charge is 0.119 e. The third kappa shape index (κ3) is 4.80. The van der Waals surface area contributed by atoms with Crippen molar-refractivity contribution < 1.29 is 4.74 Å². The molecule has 0 fully saturated rings. The van der Waals surface area contributed by atoms with E-state index in [1.54, 1.807) is 0 Å². The van der Waals surface area contributed by atoms with Crippen LogP contribution in [0.1, 0.15) is 46.2 Å². The maximum absolute atomic E-state index is 6.32. The Morgan fingerprint density at radius 3 is 2.20 bits per heavy atom. The summed E-state index contributed by atoms with van der Waals surface area (Å²) in [5, 5.41) is 0. The van der Waals surface area contributed by atoms with Crippen LogP contribution in [0.4, 0.5) is 0 Å². The van der Waals surface area contributed by atoms with Crippen LogP contribution in [0.15, 0.2) is 24.3 Å². The SMILES string of the molecule is CCOc1ccc(C(N)CN(C)C(C)C(C)(C)C)cc1. The highest BCUT2D eigenvalue weighted by Gasteiger charge is 2.25. The van der Waals surface area contributed by atoms with Crippen LogP contribution in [0.25, 0.3) is 0 Å². The van der Waals surface area contributed by atoms with Gasteiger partial charge in [-0.1, -0.05) is 32.9 Å². The fourth-order valence-electron chi connectivity index (χ4n) is 2.21. The molecule has 2 N–H and O–H groups in total. The van der Waals surface area contributed by atoms with E-state index < -0.39 is 0 Å². The Kier molecular flexibility index (Phi) is 6.03. The second-order valence-corrected chi connectivity index (χ2v) is 6.59. The number of ether oxygens (including phenoxy) is 1. The molecule has 2 unspecified atom stereocenters. The van der Waals surface area contributed by atoms with Crippen LogP contribution in [0.2, 0.25) is 0 Å². The van der Waals surface area contributed by atoms with Crippen LogP contribution in [0.5, 0.6) is 5.75 Å². The van der Waals surface area contributed by atoms with Gasteiger partial charge in [-0.25, -0.2) is 0 Å². The predicted molar refractivity (Wildman–Crippen MR) is 86.1 cm³/mol. The average Bonchev–Trinajstić information content (AvgIpc) is 2.37. The van der Waals surface area contributed by atoms with Crippen molar-refractivity contribution in [3.63, 3.8) is 0 Å². The van der Waals surface area contributed by atoms with Crippen LogP contribution >= 0.6 is 0 Å². The Hall–Kier alpha value is -1.06. The number of nitrogens with zero attached hydrogens (tertiary/aromatic N) is 1. The number of benzene rings is 1. The Balaban J connectivity index is 2.64. The predicted octanol–water partition coefficient (Wildman–Crippen LogP) is 3.45. The van der Waals surface area contributed by atoms with Gasteiger partial charge >= 0.3 is 0 Å². The second-order valence-electron chi connectivity index (χ2n) is 6.59. The maximum atomic E-state index is 6.32. The van der Waals surface area contributed by atoms with Gasteiger partial charge in [-0.05, 0) is 44.0 Å². The maximum Gasteiger partial charge on any atom is 0.119 e. The molecule has 0 aliphatic heterocycles. The molecule has 114 valence electrons. The lowest BCUT2D eigenvalue weighted by atomic mass is 9.87. The fraction of sp³-hybridized carbons (Fsp3) is 0.647. The van der Waals surface area contributed by atoms with E-state index in [-0.39, 0.29) is 11.5 Å². The first-order valence-corrected chi connectivity index (χ1v) is 7.44. The van der Waals surface area contributed by atoms with Crippen molar-refractivity contribution in [3.8, 4) is 5.75 Å². The summed E-state index contributed by atoms with van der Waals surface area (Å²) in [6.45, 7) is 12.6. The standard InChI is InChI=1S/C17H30N2O/c1-7-20-15-10-8-14(9-11-15)16(18)12-19(6)13(2)17(3,4)5/h8-11,13,16H,7,12,18H2,1-6H3. The van der Waals surface area contributed by atoms with E-state index >= 15 is 0 Å². The van der Waals surface area contributed by atoms with Crippen molar-refractivity contribution >= 4 is 0 Å². The first kappa shape index (κ1) is 17.0. The largest absolute Gasteiger partial charge is 0.494 e. The Bertz CT molecular complexity index is 394. The molecule has 0 spiro atoms. The van der Waals surface area contributed by atoms with Crippen LogP contribution in [0, 0.1) is 5.41 Å². The summed E-state index contributed by atoms with van der Waals surface area (Å²) < 4.78 is 5.45. The molecule has 0 aliphatic rings. The van der Waals surface area contributed by atoms with E-state index in [4.69, 9.17) is 10.5 Å². The van der Waals surface area contributed by atoms with Gasteiger partial charge < -0.3 is 15.4 Å². The molecule has 0 aromatic heterocycles. The van der Waals surface area contributed by atoms with Crippen molar-refractivity contribution in [2.45, 2.75) is 46.7 Å². The molecule has 0 aliphatic carbocycles. The van der Waals surface area contributed by atoms with Gasteiger partial charge in [0.05, 0.1) is 6.61 Å². The molecular weight excluding hydrogens is 248 g/mol. The summed E-state index contributed by atoms with van der Waals surface area (Å²) in [7, 11) is 2.14. The van der Waals surface area contributed by atoms with E-state index in [0.717, 1.165) is 17.9 Å². The molecule has 20 heavy (non-hydrogen) atoms. The number of rotatable bonds is 6. The summed E-state index contributed by atoms with van der Waals surface area (Å²) >= 11 is 0. The van der Waals surface area contributed by atoms with E-state index in [2.05, 4.69) is 51.8 Å². The topological polar surface area (TPSA) is 38.5 Å². The van der Waals surface area contributed by atoms with Crippen LogP contribution in [0.3, 0.4) is 0 Å². The molecule has 2 atom stereocenters. The Labute approximate surface area is 124 Å². The normalized spacial score (nSPS) is 15.2. The molecule has 1 aromatic carbocycles. The van der Waals surface area contributed by atoms with Gasteiger partial charge in [-0.3, -0.25) is 0 Å². The van der Waals surface area contributed by atoms with Crippen LogP contribution < -0.4 is 10.5 Å². The molecule has 0 radical (unpaired) electrons. The monoisotopic (exact) mass is 278 g/mol. The van der Waals surface area contributed by atoms with Gasteiger partial charge in [0.15, 0.2) is 0 Å². The molecule has 1 aromatic rings. The minimum atomic E-state index is 0.0282. The van der Waals surface area contributed by atoms with Gasteiger partial charge in [-0.15, -0.1) is 0 Å². The van der Waals surface area contributed by atoms with Crippen LogP contribution in [-0.2, 0) is 0 Å². The van der Waals surface area contributed by atoms with Gasteiger partial charge in [-0.2, -0.15) is 0 Å². The molecular formula is C17H30N2O. The third-order valence-electron chi connectivity index (χ3n) is 4.02. The molecule has 0 saturated heterocycles. The van der Waals surface area contributed by atoms with Gasteiger partial charge in [0.1, 0.15) is 5.75 Å². The van der Waals surface area contributed by atoms with Crippen LogP contribution in [-0.4, -0.2) is 31.1 Å². The van der Waals surface area contributed by atoms with E-state index in [1.165, 1.54) is 0 Å². The zero-order chi connectivity index (χ0) is 15.3. The summed E-state index contributed by atoms with van der Waals surface area (Å²) in [6.07, 6.45) is 0. The van der Waals surface area contributed by atoms with E-state index in [0.29, 0.717) is 12.6 Å². The minimum absolute atomic E-state index is 0.0282. The van der Waals surface area contributed by atoms with Gasteiger partial charge in [0.2, 0.25) is 0 Å². The highest BCUT2D eigenvalue weighted by atomic mass is 16.5. The molecule has 0 saturated carbocycles. The number of hydrogen-bond donors (Lipinski definition) is 1. The highest BCUT2D eigenvalue weighted by Crippen LogP contribution is 2.24. The second kappa shape index (κ2) is 7.09. The van der Waals surface area contributed by atoms with Crippen molar-refractivity contribution in [1.82, 2.24) is 4.90 Å². The molecule has 3 heteroatoms. The van der Waals surface area contributed by atoms with Gasteiger partial charge in [0.25, 0.3) is 0 Å². The lowest BCUT2D eigenvalue weighted by Crippen LogP contribution is -2.42. The fourth-order valence-corrected chi connectivity index (χ4v) is 2.21. The summed E-state index contributed by atoms with van der Waals surface area (Å²) in [5.74, 6) is 0.903. The molecule has 3 nitrogen and oxygen atoms in total. The minimum Gasteiger partial charge on any atom is -0.494 e.